The number of hydrogen-bond acceptors (Lipinski definition) is 1. The van der Waals surface area contributed by atoms with Crippen LogP contribution in [0.3, 0.4) is 0 Å². The quantitative estimate of drug-likeness (QED) is 0.163. The van der Waals surface area contributed by atoms with Crippen molar-refractivity contribution in [1.29, 1.82) is 0 Å². The highest BCUT2D eigenvalue weighted by Gasteiger charge is 2.39. The summed E-state index contributed by atoms with van der Waals surface area (Å²) in [5.41, 5.74) is 16.2. The number of allylic oxidation sites excluding steroid dienone is 7. The van der Waals surface area contributed by atoms with E-state index in [4.69, 9.17) is 0 Å². The molecule has 278 valence electrons. The monoisotopic (exact) mass is 735 g/mol. The molecule has 2 atom stereocenters. The molecule has 0 saturated heterocycles. The summed E-state index contributed by atoms with van der Waals surface area (Å²) in [7, 11) is 0. The Morgan fingerprint density at radius 2 is 1.25 bits per heavy atom. The molecule has 0 heterocycles. The largest absolute Gasteiger partial charge is 0.311 e. The van der Waals surface area contributed by atoms with Crippen molar-refractivity contribution in [2.75, 3.05) is 4.90 Å². The summed E-state index contributed by atoms with van der Waals surface area (Å²) in [5, 5.41) is 7.85. The van der Waals surface area contributed by atoms with Crippen LogP contribution < -0.4 is 4.90 Å². The topological polar surface area (TPSA) is 3.24 Å². The summed E-state index contributed by atoms with van der Waals surface area (Å²) in [6.07, 6.45) is 14.2. The van der Waals surface area contributed by atoms with E-state index in [2.05, 4.69) is 204 Å². The van der Waals surface area contributed by atoms with Crippen molar-refractivity contribution in [1.82, 2.24) is 0 Å². The molecule has 0 N–H and O–H groups in total. The van der Waals surface area contributed by atoms with E-state index in [9.17, 15) is 0 Å². The second-order valence-corrected chi connectivity index (χ2v) is 18.5. The van der Waals surface area contributed by atoms with Crippen molar-refractivity contribution < 1.29 is 0 Å². The summed E-state index contributed by atoms with van der Waals surface area (Å²) in [6.45, 7) is 14.3. The van der Waals surface area contributed by atoms with Crippen LogP contribution in [0.1, 0.15) is 82.2 Å². The Morgan fingerprint density at radius 1 is 0.544 bits per heavy atom. The van der Waals surface area contributed by atoms with E-state index in [1.165, 1.54) is 99.5 Å². The third-order valence-electron chi connectivity index (χ3n) is 14.2. The molecule has 7 aromatic carbocycles. The van der Waals surface area contributed by atoms with Crippen molar-refractivity contribution in [3.8, 4) is 11.1 Å². The molecule has 0 radical (unpaired) electrons. The minimum atomic E-state index is -0.130. The van der Waals surface area contributed by atoms with E-state index in [0.29, 0.717) is 5.92 Å². The van der Waals surface area contributed by atoms with Gasteiger partial charge in [-0.15, -0.1) is 0 Å². The van der Waals surface area contributed by atoms with Crippen LogP contribution in [0.2, 0.25) is 0 Å². The van der Waals surface area contributed by atoms with Gasteiger partial charge in [0, 0.05) is 33.3 Å². The Labute approximate surface area is 337 Å². The summed E-state index contributed by atoms with van der Waals surface area (Å²) >= 11 is 0. The molecule has 4 aliphatic rings. The number of fused-ring (bicyclic) bond motifs is 10. The maximum atomic E-state index is 2.52. The summed E-state index contributed by atoms with van der Waals surface area (Å²) in [5.74, 6) is 0.564. The maximum absolute atomic E-state index is 2.52. The van der Waals surface area contributed by atoms with Gasteiger partial charge in [-0.05, 0) is 132 Å². The van der Waals surface area contributed by atoms with E-state index in [1.54, 1.807) is 0 Å². The molecule has 7 aromatic rings. The molecule has 0 bridgehead atoms. The smallest absolute Gasteiger partial charge is 0.0467 e. The Bertz CT molecular complexity index is 3000. The van der Waals surface area contributed by atoms with Crippen molar-refractivity contribution >= 4 is 49.3 Å². The van der Waals surface area contributed by atoms with Crippen LogP contribution in [0.4, 0.5) is 11.4 Å². The molecule has 0 amide bonds. The van der Waals surface area contributed by atoms with Crippen molar-refractivity contribution in [3.63, 3.8) is 0 Å². The van der Waals surface area contributed by atoms with E-state index in [0.717, 1.165) is 12.8 Å². The molecule has 57 heavy (non-hydrogen) atoms. The van der Waals surface area contributed by atoms with Gasteiger partial charge in [0.2, 0.25) is 0 Å². The zero-order valence-electron chi connectivity index (χ0n) is 33.9. The fourth-order valence-corrected chi connectivity index (χ4v) is 10.9. The summed E-state index contributed by atoms with van der Waals surface area (Å²) in [6, 6.07) is 48.5. The van der Waals surface area contributed by atoms with Gasteiger partial charge in [-0.2, -0.15) is 0 Å². The molecule has 0 fully saturated rings. The molecule has 0 aliphatic heterocycles. The van der Waals surface area contributed by atoms with Gasteiger partial charge in [0.25, 0.3) is 0 Å². The van der Waals surface area contributed by atoms with Crippen LogP contribution in [-0.2, 0) is 16.2 Å². The van der Waals surface area contributed by atoms with E-state index in [1.807, 2.05) is 0 Å². The Balaban J connectivity index is 1.00. The van der Waals surface area contributed by atoms with Crippen LogP contribution in [0.15, 0.2) is 169 Å². The fraction of sp³-hybridized carbons (Fsp3) is 0.214. The van der Waals surface area contributed by atoms with Gasteiger partial charge in [-0.1, -0.05) is 169 Å². The molecule has 0 aromatic heterocycles. The third kappa shape index (κ3) is 5.01. The second kappa shape index (κ2) is 12.0. The highest BCUT2D eigenvalue weighted by molar-refractivity contribution is 6.17. The lowest BCUT2D eigenvalue weighted by atomic mass is 9.76. The Morgan fingerprint density at radius 3 is 2.07 bits per heavy atom. The molecule has 11 rings (SSSR count). The van der Waals surface area contributed by atoms with E-state index in [-0.39, 0.29) is 16.2 Å². The average Bonchev–Trinajstić information content (AvgIpc) is 3.59. The predicted molar refractivity (Wildman–Crippen MR) is 244 cm³/mol. The van der Waals surface area contributed by atoms with E-state index >= 15 is 0 Å². The fourth-order valence-electron chi connectivity index (χ4n) is 10.9. The van der Waals surface area contributed by atoms with Gasteiger partial charge < -0.3 is 4.90 Å². The number of anilines is 2. The van der Waals surface area contributed by atoms with Gasteiger partial charge >= 0.3 is 0 Å². The van der Waals surface area contributed by atoms with Gasteiger partial charge in [0.15, 0.2) is 0 Å². The Hall–Kier alpha value is -5.92. The first-order valence-corrected chi connectivity index (χ1v) is 20.9. The zero-order chi connectivity index (χ0) is 38.8. The second-order valence-electron chi connectivity index (χ2n) is 18.5. The lowest BCUT2D eigenvalue weighted by Gasteiger charge is -2.34. The van der Waals surface area contributed by atoms with Crippen LogP contribution in [0, 0.1) is 5.92 Å². The van der Waals surface area contributed by atoms with Crippen LogP contribution >= 0.6 is 0 Å². The first-order valence-electron chi connectivity index (χ1n) is 20.9. The normalized spacial score (nSPS) is 21.1. The van der Waals surface area contributed by atoms with E-state index < -0.39 is 0 Å². The van der Waals surface area contributed by atoms with Gasteiger partial charge in [0.05, 0.1) is 0 Å². The zero-order valence-corrected chi connectivity index (χ0v) is 33.9. The first-order chi connectivity index (χ1) is 27.5. The Kier molecular flexibility index (Phi) is 7.26. The lowest BCUT2D eigenvalue weighted by molar-refractivity contribution is 0.596. The highest BCUT2D eigenvalue weighted by Crippen LogP contribution is 2.54. The van der Waals surface area contributed by atoms with Crippen LogP contribution in [-0.4, -0.2) is 0 Å². The van der Waals surface area contributed by atoms with Gasteiger partial charge in [-0.25, -0.2) is 0 Å². The van der Waals surface area contributed by atoms with Crippen molar-refractivity contribution in [3.05, 3.63) is 197 Å². The minimum Gasteiger partial charge on any atom is -0.311 e. The first kappa shape index (κ1) is 34.3. The maximum Gasteiger partial charge on any atom is 0.0467 e. The van der Waals surface area contributed by atoms with Crippen LogP contribution in [0.25, 0.3) is 49.0 Å². The number of benzene rings is 7. The number of nitrogens with zero attached hydrogens (tertiary/aromatic N) is 1. The minimum absolute atomic E-state index is 0.0337. The molecular formula is C56H49N. The molecular weight excluding hydrogens is 687 g/mol. The third-order valence-corrected chi connectivity index (χ3v) is 14.2. The lowest BCUT2D eigenvalue weighted by Crippen LogP contribution is -2.25. The van der Waals surface area contributed by atoms with Gasteiger partial charge in [-0.3, -0.25) is 0 Å². The van der Waals surface area contributed by atoms with Crippen molar-refractivity contribution in [2.45, 2.75) is 70.6 Å². The molecule has 4 aliphatic carbocycles. The van der Waals surface area contributed by atoms with Crippen LogP contribution in [0.5, 0.6) is 0 Å². The molecule has 0 saturated carbocycles. The molecule has 1 heteroatoms. The average molecular weight is 736 g/mol. The predicted octanol–water partition coefficient (Wildman–Crippen LogP) is 15.0. The number of hydrogen-bond donors (Lipinski definition) is 0. The highest BCUT2D eigenvalue weighted by atomic mass is 15.1. The molecule has 2 unspecified atom stereocenters. The molecule has 1 nitrogen and oxygen atoms in total. The summed E-state index contributed by atoms with van der Waals surface area (Å²) < 4.78 is 0. The number of rotatable bonds is 4. The SMILES string of the molecule is CC1C=CC2=C(C1)c1ccc(N(C3=CCC(C)(c4ccc5c(ccc6c7ccccc7ccc56)c4)C=C3)c3ccc4c(c3)-c3ccccc3C4(C)C)cc1C2(C)C. The summed E-state index contributed by atoms with van der Waals surface area (Å²) in [4.78, 5) is 2.52. The standard InChI is InChI=1S/C56H49N/c1-35-15-25-51-48(31-35)47-24-19-41(34-53(47)55(51,4)5)57(40-20-26-52-49(33-40)46-13-9-10-14-50(46)54(52,2)3)39-27-29-56(6,30-28-39)38-18-23-43-37(32-38)17-22-44-42-12-8-7-11-36(42)16-21-45(43)44/h7-29,32-35H,30-31H2,1-6H3. The van der Waals surface area contributed by atoms with Crippen molar-refractivity contribution in [2.24, 2.45) is 5.92 Å². The molecule has 0 spiro atoms. The van der Waals surface area contributed by atoms with Gasteiger partial charge in [0.1, 0.15) is 0 Å².